The third kappa shape index (κ3) is 5.33. The van der Waals surface area contributed by atoms with Crippen molar-refractivity contribution in [1.82, 2.24) is 14.8 Å². The molecule has 2 unspecified atom stereocenters. The summed E-state index contributed by atoms with van der Waals surface area (Å²) in [4.78, 5) is 12.3. The van der Waals surface area contributed by atoms with E-state index in [0.29, 0.717) is 23.8 Å². The quantitative estimate of drug-likeness (QED) is 0.268. The second-order valence-corrected chi connectivity index (χ2v) is 8.59. The second-order valence-electron chi connectivity index (χ2n) is 5.71. The van der Waals surface area contributed by atoms with Gasteiger partial charge in [-0.25, -0.2) is 14.6 Å². The van der Waals surface area contributed by atoms with Gasteiger partial charge in [-0.3, -0.25) is 9.77 Å². The third-order valence-corrected chi connectivity index (χ3v) is 6.56. The Labute approximate surface area is 162 Å². The van der Waals surface area contributed by atoms with E-state index in [-0.39, 0.29) is 24.8 Å². The van der Waals surface area contributed by atoms with Crippen LogP contribution in [0.15, 0.2) is 24.3 Å². The molecule has 3 N–H and O–H groups in total. The molecule has 2 atom stereocenters. The first-order valence-corrected chi connectivity index (χ1v) is 10.8. The number of urea groups is 1. The van der Waals surface area contributed by atoms with Crippen LogP contribution in [0.25, 0.3) is 0 Å². The number of carbonyl (C=O) groups is 1. The van der Waals surface area contributed by atoms with E-state index in [0.717, 1.165) is 5.56 Å². The van der Waals surface area contributed by atoms with Gasteiger partial charge >= 0.3 is 13.7 Å². The van der Waals surface area contributed by atoms with Crippen LogP contribution in [0.5, 0.6) is 0 Å². The minimum absolute atomic E-state index is 0.116. The number of benzene rings is 1. The molecule has 0 radical (unpaired) electrons. The van der Waals surface area contributed by atoms with Crippen molar-refractivity contribution in [2.24, 2.45) is 0 Å². The van der Waals surface area contributed by atoms with Gasteiger partial charge in [-0.05, 0) is 18.6 Å². The number of anilines is 1. The first-order chi connectivity index (χ1) is 12.4. The molecule has 2 amide bonds. The topological polar surface area (TPSA) is 94.1 Å². The fourth-order valence-electron chi connectivity index (χ4n) is 2.52. The molecule has 11 heteroatoms. The van der Waals surface area contributed by atoms with E-state index in [1.54, 1.807) is 12.1 Å². The van der Waals surface area contributed by atoms with Gasteiger partial charge < -0.3 is 9.84 Å². The van der Waals surface area contributed by atoms with E-state index in [9.17, 15) is 14.6 Å². The summed E-state index contributed by atoms with van der Waals surface area (Å²) in [7, 11) is -3.47. The average molecular weight is 425 g/mol. The highest BCUT2D eigenvalue weighted by Crippen LogP contribution is 2.49. The molecular formula is C15H23Cl2N4O4P. The van der Waals surface area contributed by atoms with Gasteiger partial charge in [0.05, 0.1) is 6.61 Å². The molecule has 1 fully saturated rings. The number of rotatable bonds is 7. The lowest BCUT2D eigenvalue weighted by Gasteiger charge is -2.39. The molecule has 0 aromatic heterocycles. The molecule has 0 aliphatic carbocycles. The smallest absolute Gasteiger partial charge is 0.306 e. The van der Waals surface area contributed by atoms with E-state index in [1.807, 2.05) is 19.1 Å². The molecule has 1 saturated heterocycles. The summed E-state index contributed by atoms with van der Waals surface area (Å²) in [5.41, 5.74) is 1.44. The van der Waals surface area contributed by atoms with Crippen LogP contribution in [0, 0.1) is 6.92 Å². The summed E-state index contributed by atoms with van der Waals surface area (Å²) in [6.07, 6.45) is -0.594. The normalized spacial score (nSPS) is 23.0. The van der Waals surface area contributed by atoms with Crippen molar-refractivity contribution < 1.29 is 19.1 Å². The molecule has 1 aliphatic heterocycles. The van der Waals surface area contributed by atoms with E-state index in [2.05, 4.69) is 10.4 Å². The van der Waals surface area contributed by atoms with Gasteiger partial charge in [-0.1, -0.05) is 18.2 Å². The number of amides is 2. The van der Waals surface area contributed by atoms with Crippen LogP contribution >= 0.6 is 30.9 Å². The van der Waals surface area contributed by atoms with Crippen LogP contribution in [-0.2, 0) is 9.09 Å². The van der Waals surface area contributed by atoms with Crippen molar-refractivity contribution in [2.75, 3.05) is 36.8 Å². The lowest BCUT2D eigenvalue weighted by atomic mass is 10.2. The third-order valence-electron chi connectivity index (χ3n) is 3.92. The molecule has 1 aromatic rings. The number of carbonyl (C=O) groups excluding carboxylic acids is 1. The van der Waals surface area contributed by atoms with Crippen LogP contribution in [-0.4, -0.2) is 58.6 Å². The number of hydrogen-bond donors (Lipinski definition) is 3. The molecule has 8 nitrogen and oxygen atoms in total. The summed E-state index contributed by atoms with van der Waals surface area (Å²) < 4.78 is 20.0. The molecular weight excluding hydrogens is 402 g/mol. The summed E-state index contributed by atoms with van der Waals surface area (Å²) in [5.74, 6) is 0.486. The molecule has 2 rings (SSSR count). The van der Waals surface area contributed by atoms with Gasteiger partial charge in [0, 0.05) is 37.0 Å². The molecule has 1 aromatic carbocycles. The largest absolute Gasteiger partial charge is 0.347 e. The Balaban J connectivity index is 2.06. The van der Waals surface area contributed by atoms with Gasteiger partial charge in [0.25, 0.3) is 0 Å². The van der Waals surface area contributed by atoms with Crippen molar-refractivity contribution in [3.8, 4) is 0 Å². The van der Waals surface area contributed by atoms with Crippen LogP contribution in [0.4, 0.5) is 10.5 Å². The zero-order valence-corrected chi connectivity index (χ0v) is 16.8. The number of para-hydroxylation sites is 1. The maximum absolute atomic E-state index is 13.1. The lowest BCUT2D eigenvalue weighted by Crippen LogP contribution is -2.52. The number of alkyl halides is 2. The maximum atomic E-state index is 13.1. The van der Waals surface area contributed by atoms with Crippen LogP contribution < -0.4 is 10.4 Å². The number of nitrogens with one attached hydrogen (secondary N) is 2. The van der Waals surface area contributed by atoms with Crippen LogP contribution in [0.1, 0.15) is 12.0 Å². The standard InChI is InChI=1S/C15H23Cl2N4O4P/c1-12-4-2-3-5-13(12)18-15(22)21(23)14-6-11-25-26(24,19-14)20(9-7-16)10-8-17/h2-5,14,23H,6-11H2,1H3,(H,18,22)(H,19,24). The van der Waals surface area contributed by atoms with Crippen LogP contribution in [0.2, 0.25) is 0 Å². The fraction of sp³-hybridized carbons (Fsp3) is 0.533. The highest BCUT2D eigenvalue weighted by Gasteiger charge is 2.40. The van der Waals surface area contributed by atoms with Gasteiger partial charge in [0.1, 0.15) is 6.17 Å². The summed E-state index contributed by atoms with van der Waals surface area (Å²) >= 11 is 11.5. The Morgan fingerprint density at radius 1 is 1.38 bits per heavy atom. The Hall–Kier alpha value is -0.860. The minimum atomic E-state index is -3.47. The molecule has 1 heterocycles. The zero-order valence-electron chi connectivity index (χ0n) is 14.4. The molecule has 0 spiro atoms. The van der Waals surface area contributed by atoms with Gasteiger partial charge in [-0.2, -0.15) is 5.06 Å². The van der Waals surface area contributed by atoms with Crippen molar-refractivity contribution in [3.63, 3.8) is 0 Å². The Morgan fingerprint density at radius 2 is 2.04 bits per heavy atom. The fourth-order valence-corrected chi connectivity index (χ4v) is 5.26. The molecule has 26 heavy (non-hydrogen) atoms. The molecule has 146 valence electrons. The highest BCUT2D eigenvalue weighted by molar-refractivity contribution is 7.54. The predicted octanol–water partition coefficient (Wildman–Crippen LogP) is 3.44. The number of halogens is 2. The first-order valence-electron chi connectivity index (χ1n) is 8.15. The summed E-state index contributed by atoms with van der Waals surface area (Å²) in [6.45, 7) is 2.55. The second kappa shape index (κ2) is 9.90. The van der Waals surface area contributed by atoms with Gasteiger partial charge in [0.15, 0.2) is 0 Å². The monoisotopic (exact) mass is 424 g/mol. The Morgan fingerprint density at radius 3 is 2.65 bits per heavy atom. The SMILES string of the molecule is Cc1ccccc1NC(=O)N(O)C1CCOP(=O)(N(CCCl)CCCl)N1. The van der Waals surface area contributed by atoms with Gasteiger partial charge in [0.2, 0.25) is 0 Å². The zero-order chi connectivity index (χ0) is 19.2. The molecule has 0 saturated carbocycles. The van der Waals surface area contributed by atoms with Crippen molar-refractivity contribution in [1.29, 1.82) is 0 Å². The number of nitrogens with zero attached hydrogens (tertiary/aromatic N) is 2. The van der Waals surface area contributed by atoms with Crippen molar-refractivity contribution >= 4 is 42.6 Å². The van der Waals surface area contributed by atoms with Crippen molar-refractivity contribution in [3.05, 3.63) is 29.8 Å². The average Bonchev–Trinajstić information content (AvgIpc) is 2.63. The minimum Gasteiger partial charge on any atom is -0.306 e. The van der Waals surface area contributed by atoms with Crippen molar-refractivity contribution in [2.45, 2.75) is 19.5 Å². The summed E-state index contributed by atoms with van der Waals surface area (Å²) in [6, 6.07) is 6.47. The molecule has 0 bridgehead atoms. The molecule has 1 aliphatic rings. The first kappa shape index (κ1) is 21.4. The van der Waals surface area contributed by atoms with Crippen LogP contribution in [0.3, 0.4) is 0 Å². The van der Waals surface area contributed by atoms with E-state index < -0.39 is 19.9 Å². The Kier molecular flexibility index (Phi) is 8.16. The Bertz CT molecular complexity index is 660. The number of hydroxylamine groups is 2. The van der Waals surface area contributed by atoms with E-state index >= 15 is 0 Å². The van der Waals surface area contributed by atoms with E-state index in [4.69, 9.17) is 27.7 Å². The lowest BCUT2D eigenvalue weighted by molar-refractivity contribution is -0.0876. The highest BCUT2D eigenvalue weighted by atomic mass is 35.5. The number of hydrogen-bond acceptors (Lipinski definition) is 4. The maximum Gasteiger partial charge on any atom is 0.347 e. The van der Waals surface area contributed by atoms with Gasteiger partial charge in [-0.15, -0.1) is 23.2 Å². The number of aryl methyl sites for hydroxylation is 1. The van der Waals surface area contributed by atoms with E-state index in [1.165, 1.54) is 4.67 Å². The summed E-state index contributed by atoms with van der Waals surface area (Å²) in [5, 5.41) is 16.1. The predicted molar refractivity (Wildman–Crippen MR) is 102 cm³/mol.